The summed E-state index contributed by atoms with van der Waals surface area (Å²) < 4.78 is 0. The van der Waals surface area contributed by atoms with Crippen molar-refractivity contribution in [3.63, 3.8) is 0 Å². The molecule has 0 radical (unpaired) electrons. The van der Waals surface area contributed by atoms with E-state index in [1.165, 1.54) is 17.8 Å². The third-order valence-corrected chi connectivity index (χ3v) is 4.30. The van der Waals surface area contributed by atoms with Crippen LogP contribution in [0.3, 0.4) is 0 Å². The van der Waals surface area contributed by atoms with Crippen molar-refractivity contribution in [2.75, 3.05) is 0 Å². The number of rotatable bonds is 1. The Kier molecular flexibility index (Phi) is 3.06. The van der Waals surface area contributed by atoms with Gasteiger partial charge < -0.3 is 15.3 Å². The Bertz CT molecular complexity index is 725. The number of para-hydroxylation sites is 1. The van der Waals surface area contributed by atoms with Crippen molar-refractivity contribution in [3.05, 3.63) is 47.0 Å². The highest BCUT2D eigenvalue weighted by molar-refractivity contribution is 8.13. The van der Waals surface area contributed by atoms with Gasteiger partial charge in [-0.25, -0.2) is 4.99 Å². The second-order valence-electron chi connectivity index (χ2n) is 4.62. The van der Waals surface area contributed by atoms with Crippen LogP contribution in [0.5, 0.6) is 17.2 Å². The largest absolute Gasteiger partial charge is 0.504 e. The van der Waals surface area contributed by atoms with Crippen molar-refractivity contribution >= 4 is 22.5 Å². The van der Waals surface area contributed by atoms with Gasteiger partial charge in [0.2, 0.25) is 5.75 Å². The lowest BCUT2D eigenvalue weighted by atomic mass is 10.1. The Hall–Kier alpha value is -2.14. The molecule has 5 heteroatoms. The molecule has 3 N–H and O–H groups in total. The highest BCUT2D eigenvalue weighted by atomic mass is 32.2. The van der Waals surface area contributed by atoms with Crippen molar-refractivity contribution in [2.24, 2.45) is 4.99 Å². The lowest BCUT2D eigenvalue weighted by molar-refractivity contribution is 0.367. The molecule has 2 aromatic rings. The first-order valence-corrected chi connectivity index (χ1v) is 7.10. The SMILES string of the molecule is Cc1cccc2c1N=C(c1ccc(O)c(O)c1O)SC2. The molecule has 0 bridgehead atoms. The average molecular weight is 287 g/mol. The van der Waals surface area contributed by atoms with E-state index in [2.05, 4.69) is 4.99 Å². The molecular weight excluding hydrogens is 274 g/mol. The number of benzene rings is 2. The molecule has 0 amide bonds. The van der Waals surface area contributed by atoms with Gasteiger partial charge in [-0.3, -0.25) is 0 Å². The topological polar surface area (TPSA) is 73.1 Å². The van der Waals surface area contributed by atoms with Crippen LogP contribution in [0.1, 0.15) is 16.7 Å². The number of aryl methyl sites for hydroxylation is 1. The van der Waals surface area contributed by atoms with E-state index in [9.17, 15) is 15.3 Å². The third kappa shape index (κ3) is 2.00. The molecule has 102 valence electrons. The summed E-state index contributed by atoms with van der Waals surface area (Å²) in [6.07, 6.45) is 0. The molecule has 0 spiro atoms. The summed E-state index contributed by atoms with van der Waals surface area (Å²) in [4.78, 5) is 4.57. The Morgan fingerprint density at radius 1 is 1.05 bits per heavy atom. The molecule has 1 aliphatic rings. The number of aromatic hydroxyl groups is 3. The van der Waals surface area contributed by atoms with E-state index in [1.807, 2.05) is 25.1 Å². The number of phenols is 3. The van der Waals surface area contributed by atoms with Crippen molar-refractivity contribution < 1.29 is 15.3 Å². The molecule has 0 fully saturated rings. The molecule has 0 saturated carbocycles. The Labute approximate surface area is 120 Å². The van der Waals surface area contributed by atoms with Crippen LogP contribution in [0.15, 0.2) is 35.3 Å². The first kappa shape index (κ1) is 12.9. The van der Waals surface area contributed by atoms with E-state index in [1.54, 1.807) is 6.07 Å². The molecule has 0 unspecified atom stereocenters. The zero-order valence-electron chi connectivity index (χ0n) is 10.8. The van der Waals surface area contributed by atoms with Crippen molar-refractivity contribution in [1.82, 2.24) is 0 Å². The Balaban J connectivity index is 2.13. The van der Waals surface area contributed by atoms with Gasteiger partial charge in [-0.15, -0.1) is 11.8 Å². The third-order valence-electron chi connectivity index (χ3n) is 3.26. The average Bonchev–Trinajstić information content (AvgIpc) is 2.45. The second kappa shape index (κ2) is 4.76. The second-order valence-corrected chi connectivity index (χ2v) is 5.58. The minimum atomic E-state index is -0.513. The minimum Gasteiger partial charge on any atom is -0.504 e. The number of hydrogen-bond acceptors (Lipinski definition) is 5. The molecule has 3 rings (SSSR count). The summed E-state index contributed by atoms with van der Waals surface area (Å²) in [6.45, 7) is 1.99. The van der Waals surface area contributed by atoms with E-state index in [-0.39, 0.29) is 11.5 Å². The quantitative estimate of drug-likeness (QED) is 0.702. The van der Waals surface area contributed by atoms with Gasteiger partial charge in [0.15, 0.2) is 11.5 Å². The van der Waals surface area contributed by atoms with E-state index in [0.717, 1.165) is 22.6 Å². The molecular formula is C15H13NO3S. The highest BCUT2D eigenvalue weighted by Crippen LogP contribution is 2.42. The van der Waals surface area contributed by atoms with Crippen LogP contribution >= 0.6 is 11.8 Å². The summed E-state index contributed by atoms with van der Waals surface area (Å²) in [5.74, 6) is -0.435. The summed E-state index contributed by atoms with van der Waals surface area (Å²) >= 11 is 1.49. The van der Waals surface area contributed by atoms with Crippen LogP contribution in [-0.2, 0) is 5.75 Å². The van der Waals surface area contributed by atoms with Crippen molar-refractivity contribution in [3.8, 4) is 17.2 Å². The highest BCUT2D eigenvalue weighted by Gasteiger charge is 2.20. The van der Waals surface area contributed by atoms with Gasteiger partial charge in [-0.2, -0.15) is 0 Å². The molecule has 20 heavy (non-hydrogen) atoms. The number of nitrogens with zero attached hydrogens (tertiary/aromatic N) is 1. The Morgan fingerprint density at radius 3 is 2.65 bits per heavy atom. The van der Waals surface area contributed by atoms with Crippen LogP contribution < -0.4 is 0 Å². The smallest absolute Gasteiger partial charge is 0.201 e. The molecule has 0 aliphatic carbocycles. The Morgan fingerprint density at radius 2 is 1.85 bits per heavy atom. The van der Waals surface area contributed by atoms with Gasteiger partial charge >= 0.3 is 0 Å². The lowest BCUT2D eigenvalue weighted by Gasteiger charge is -2.17. The van der Waals surface area contributed by atoms with Gasteiger partial charge in [0, 0.05) is 5.75 Å². The predicted molar refractivity (Wildman–Crippen MR) is 80.1 cm³/mol. The number of phenolic OH excluding ortho intramolecular Hbond substituents is 3. The maximum absolute atomic E-state index is 9.94. The fraction of sp³-hybridized carbons (Fsp3) is 0.133. The van der Waals surface area contributed by atoms with Gasteiger partial charge in [-0.05, 0) is 30.2 Å². The summed E-state index contributed by atoms with van der Waals surface area (Å²) in [5.41, 5.74) is 3.57. The van der Waals surface area contributed by atoms with Gasteiger partial charge in [-0.1, -0.05) is 18.2 Å². The standard InChI is InChI=1S/C15H13NO3S/c1-8-3-2-4-9-7-20-15(16-12(8)9)10-5-6-11(17)14(19)13(10)18/h2-6,17-19H,7H2,1H3. The number of fused-ring (bicyclic) bond motifs is 1. The number of aliphatic imine (C=N–C) groups is 1. The summed E-state index contributed by atoms with van der Waals surface area (Å²) in [5, 5.41) is 29.6. The lowest BCUT2D eigenvalue weighted by Crippen LogP contribution is -2.02. The summed E-state index contributed by atoms with van der Waals surface area (Å²) in [6, 6.07) is 8.92. The van der Waals surface area contributed by atoms with Crippen molar-refractivity contribution in [2.45, 2.75) is 12.7 Å². The zero-order chi connectivity index (χ0) is 14.3. The van der Waals surface area contributed by atoms with Gasteiger partial charge in [0.25, 0.3) is 0 Å². The van der Waals surface area contributed by atoms with Gasteiger partial charge in [0.05, 0.1) is 11.3 Å². The molecule has 0 atom stereocenters. The van der Waals surface area contributed by atoms with E-state index >= 15 is 0 Å². The molecule has 0 aromatic heterocycles. The fourth-order valence-electron chi connectivity index (χ4n) is 2.16. The molecule has 2 aromatic carbocycles. The van der Waals surface area contributed by atoms with Crippen LogP contribution in [0.25, 0.3) is 0 Å². The number of hydrogen-bond donors (Lipinski definition) is 3. The summed E-state index contributed by atoms with van der Waals surface area (Å²) in [7, 11) is 0. The molecule has 4 nitrogen and oxygen atoms in total. The first-order chi connectivity index (χ1) is 9.58. The van der Waals surface area contributed by atoms with Crippen LogP contribution in [0.2, 0.25) is 0 Å². The monoisotopic (exact) mass is 287 g/mol. The van der Waals surface area contributed by atoms with E-state index in [0.29, 0.717) is 10.6 Å². The van der Waals surface area contributed by atoms with Crippen LogP contribution in [-0.4, -0.2) is 20.4 Å². The predicted octanol–water partition coefficient (Wildman–Crippen LogP) is 3.44. The fourth-order valence-corrected chi connectivity index (χ4v) is 3.16. The molecule has 0 saturated heterocycles. The van der Waals surface area contributed by atoms with E-state index in [4.69, 9.17) is 0 Å². The molecule has 1 heterocycles. The maximum Gasteiger partial charge on any atom is 0.201 e. The zero-order valence-corrected chi connectivity index (χ0v) is 11.6. The van der Waals surface area contributed by atoms with E-state index < -0.39 is 5.75 Å². The number of thioether (sulfide) groups is 1. The maximum atomic E-state index is 9.94. The molecule has 1 aliphatic heterocycles. The van der Waals surface area contributed by atoms with Crippen LogP contribution in [0, 0.1) is 6.92 Å². The van der Waals surface area contributed by atoms with Crippen molar-refractivity contribution in [1.29, 1.82) is 0 Å². The normalized spacial score (nSPS) is 13.8. The van der Waals surface area contributed by atoms with Crippen LogP contribution in [0.4, 0.5) is 5.69 Å². The first-order valence-electron chi connectivity index (χ1n) is 6.12. The minimum absolute atomic E-state index is 0.340. The van der Waals surface area contributed by atoms with Gasteiger partial charge in [0.1, 0.15) is 5.04 Å².